The van der Waals surface area contributed by atoms with Crippen LogP contribution in [-0.2, 0) is 4.79 Å². The van der Waals surface area contributed by atoms with Gasteiger partial charge in [0.2, 0.25) is 5.91 Å². The summed E-state index contributed by atoms with van der Waals surface area (Å²) in [6.07, 6.45) is 3.72. The number of rotatable bonds is 4. The number of nitrogens with zero attached hydrogens (tertiary/aromatic N) is 2. The van der Waals surface area contributed by atoms with Gasteiger partial charge in [0, 0.05) is 17.4 Å². The van der Waals surface area contributed by atoms with Crippen molar-refractivity contribution in [2.45, 2.75) is 0 Å². The van der Waals surface area contributed by atoms with Gasteiger partial charge in [0.1, 0.15) is 11.5 Å². The monoisotopic (exact) mass is 360 g/mol. The SMILES string of the molecule is NCC(=O)Nc1cccc(-c2cnc3cc(-c4ccc(F)cc4)ccn23)c1. The molecule has 0 fully saturated rings. The first-order valence-electron chi connectivity index (χ1n) is 8.47. The summed E-state index contributed by atoms with van der Waals surface area (Å²) in [5.74, 6) is -0.501. The van der Waals surface area contributed by atoms with Gasteiger partial charge in [0.05, 0.1) is 18.4 Å². The molecule has 1 amide bonds. The minimum Gasteiger partial charge on any atom is -0.325 e. The van der Waals surface area contributed by atoms with Gasteiger partial charge < -0.3 is 11.1 Å². The molecule has 0 unspecified atom stereocenters. The molecule has 2 aromatic carbocycles. The van der Waals surface area contributed by atoms with E-state index in [1.165, 1.54) is 12.1 Å². The van der Waals surface area contributed by atoms with Crippen LogP contribution in [0.3, 0.4) is 0 Å². The Hall–Kier alpha value is -3.51. The molecule has 0 aliphatic heterocycles. The first kappa shape index (κ1) is 16.9. The lowest BCUT2D eigenvalue weighted by molar-refractivity contribution is -0.114. The van der Waals surface area contributed by atoms with Crippen LogP contribution >= 0.6 is 0 Å². The fraction of sp³-hybridized carbons (Fsp3) is 0.0476. The molecule has 0 atom stereocenters. The average Bonchev–Trinajstić information content (AvgIpc) is 3.12. The van der Waals surface area contributed by atoms with Gasteiger partial charge >= 0.3 is 0 Å². The van der Waals surface area contributed by atoms with Crippen LogP contribution < -0.4 is 11.1 Å². The smallest absolute Gasteiger partial charge is 0.238 e. The van der Waals surface area contributed by atoms with Crippen molar-refractivity contribution in [3.8, 4) is 22.4 Å². The quantitative estimate of drug-likeness (QED) is 0.583. The maximum Gasteiger partial charge on any atom is 0.238 e. The number of fused-ring (bicyclic) bond motifs is 1. The van der Waals surface area contributed by atoms with Crippen LogP contribution in [0.1, 0.15) is 0 Å². The Balaban J connectivity index is 1.71. The van der Waals surface area contributed by atoms with Crippen molar-refractivity contribution in [3.05, 3.63) is 78.9 Å². The molecule has 5 nitrogen and oxygen atoms in total. The minimum absolute atomic E-state index is 0.0635. The predicted octanol–water partition coefficient (Wildman–Crippen LogP) is 3.70. The Kier molecular flexibility index (Phi) is 4.40. The molecule has 4 aromatic rings. The van der Waals surface area contributed by atoms with Gasteiger partial charge in [0.25, 0.3) is 0 Å². The molecule has 3 N–H and O–H groups in total. The third-order valence-electron chi connectivity index (χ3n) is 4.32. The van der Waals surface area contributed by atoms with E-state index in [0.29, 0.717) is 5.69 Å². The van der Waals surface area contributed by atoms with Gasteiger partial charge in [-0.05, 0) is 47.5 Å². The number of halogens is 1. The first-order chi connectivity index (χ1) is 13.1. The number of imidazole rings is 1. The number of hydrogen-bond acceptors (Lipinski definition) is 3. The number of anilines is 1. The van der Waals surface area contributed by atoms with Gasteiger partial charge in [-0.2, -0.15) is 0 Å². The molecule has 0 spiro atoms. The van der Waals surface area contributed by atoms with Gasteiger partial charge in [-0.3, -0.25) is 9.20 Å². The molecule has 0 aliphatic carbocycles. The maximum atomic E-state index is 13.1. The third kappa shape index (κ3) is 3.43. The van der Waals surface area contributed by atoms with Gasteiger partial charge in [0.15, 0.2) is 0 Å². The molecule has 27 heavy (non-hydrogen) atoms. The van der Waals surface area contributed by atoms with Crippen LogP contribution in [0.25, 0.3) is 28.0 Å². The van der Waals surface area contributed by atoms with Crippen molar-refractivity contribution >= 4 is 17.2 Å². The summed E-state index contributed by atoms with van der Waals surface area (Å²) in [5.41, 5.74) is 10.5. The maximum absolute atomic E-state index is 13.1. The topological polar surface area (TPSA) is 72.4 Å². The predicted molar refractivity (Wildman–Crippen MR) is 104 cm³/mol. The Morgan fingerprint density at radius 2 is 1.85 bits per heavy atom. The highest BCUT2D eigenvalue weighted by atomic mass is 19.1. The highest BCUT2D eigenvalue weighted by Gasteiger charge is 2.09. The van der Waals surface area contributed by atoms with Crippen LogP contribution in [0.15, 0.2) is 73.1 Å². The Morgan fingerprint density at radius 1 is 1.04 bits per heavy atom. The number of nitrogens with one attached hydrogen (secondary N) is 1. The van der Waals surface area contributed by atoms with Gasteiger partial charge in [-0.15, -0.1) is 0 Å². The van der Waals surface area contributed by atoms with E-state index >= 15 is 0 Å². The third-order valence-corrected chi connectivity index (χ3v) is 4.32. The fourth-order valence-corrected chi connectivity index (χ4v) is 2.98. The second kappa shape index (κ2) is 7.01. The van der Waals surface area contributed by atoms with Crippen molar-refractivity contribution in [3.63, 3.8) is 0 Å². The second-order valence-electron chi connectivity index (χ2n) is 6.13. The normalized spacial score (nSPS) is 10.9. The molecule has 0 aliphatic rings. The van der Waals surface area contributed by atoms with Crippen molar-refractivity contribution < 1.29 is 9.18 Å². The van der Waals surface area contributed by atoms with Crippen LogP contribution in [0.5, 0.6) is 0 Å². The number of aromatic nitrogens is 2. The van der Waals surface area contributed by atoms with E-state index < -0.39 is 0 Å². The molecule has 4 rings (SSSR count). The molecular formula is C21H17FN4O. The van der Waals surface area contributed by atoms with E-state index in [1.54, 1.807) is 18.3 Å². The number of carbonyl (C=O) groups excluding carboxylic acids is 1. The molecule has 0 saturated heterocycles. The number of nitrogens with two attached hydrogens (primary N) is 1. The van der Waals surface area contributed by atoms with E-state index in [4.69, 9.17) is 5.73 Å². The molecule has 0 saturated carbocycles. The zero-order valence-electron chi connectivity index (χ0n) is 14.4. The summed E-state index contributed by atoms with van der Waals surface area (Å²) in [7, 11) is 0. The number of amides is 1. The van der Waals surface area contributed by atoms with Crippen molar-refractivity contribution in [2.75, 3.05) is 11.9 Å². The highest BCUT2D eigenvalue weighted by Crippen LogP contribution is 2.26. The number of benzene rings is 2. The highest BCUT2D eigenvalue weighted by molar-refractivity contribution is 5.92. The zero-order chi connectivity index (χ0) is 18.8. The van der Waals surface area contributed by atoms with E-state index in [-0.39, 0.29) is 18.3 Å². The van der Waals surface area contributed by atoms with E-state index in [2.05, 4.69) is 10.3 Å². The summed E-state index contributed by atoms with van der Waals surface area (Å²) in [5, 5.41) is 2.75. The van der Waals surface area contributed by atoms with Gasteiger partial charge in [-0.25, -0.2) is 9.37 Å². The summed E-state index contributed by atoms with van der Waals surface area (Å²) in [4.78, 5) is 16.0. The van der Waals surface area contributed by atoms with Crippen molar-refractivity contribution in [1.29, 1.82) is 0 Å². The largest absolute Gasteiger partial charge is 0.325 e. The Labute approximate surface area is 155 Å². The molecule has 2 aromatic heterocycles. The molecular weight excluding hydrogens is 343 g/mol. The Bertz CT molecular complexity index is 1120. The number of hydrogen-bond donors (Lipinski definition) is 2. The average molecular weight is 360 g/mol. The summed E-state index contributed by atoms with van der Waals surface area (Å²) < 4.78 is 15.1. The molecule has 6 heteroatoms. The van der Waals surface area contributed by atoms with Crippen molar-refractivity contribution in [2.24, 2.45) is 5.73 Å². The second-order valence-corrected chi connectivity index (χ2v) is 6.13. The zero-order valence-corrected chi connectivity index (χ0v) is 14.4. The van der Waals surface area contributed by atoms with Crippen LogP contribution in [-0.4, -0.2) is 21.8 Å². The van der Waals surface area contributed by atoms with Crippen LogP contribution in [0.2, 0.25) is 0 Å². The molecule has 134 valence electrons. The van der Waals surface area contributed by atoms with Gasteiger partial charge in [-0.1, -0.05) is 24.3 Å². The summed E-state index contributed by atoms with van der Waals surface area (Å²) >= 11 is 0. The van der Waals surface area contributed by atoms with E-state index in [0.717, 1.165) is 28.0 Å². The standard InChI is InChI=1S/C21H17FN4O/c22-17-6-4-14(5-7-17)15-8-9-26-19(13-24-20(26)11-15)16-2-1-3-18(10-16)25-21(27)12-23/h1-11,13H,12,23H2,(H,25,27). The minimum atomic E-state index is -0.260. The lowest BCUT2D eigenvalue weighted by Crippen LogP contribution is -2.21. The summed E-state index contributed by atoms with van der Waals surface area (Å²) in [6.45, 7) is -0.0635. The molecule has 0 bridgehead atoms. The molecule has 2 heterocycles. The lowest BCUT2D eigenvalue weighted by atomic mass is 10.1. The van der Waals surface area contributed by atoms with E-state index in [9.17, 15) is 9.18 Å². The van der Waals surface area contributed by atoms with Crippen LogP contribution in [0, 0.1) is 5.82 Å². The van der Waals surface area contributed by atoms with Crippen molar-refractivity contribution in [1.82, 2.24) is 9.38 Å². The lowest BCUT2D eigenvalue weighted by Gasteiger charge is -2.08. The summed E-state index contributed by atoms with van der Waals surface area (Å²) in [6, 6.07) is 17.8. The van der Waals surface area contributed by atoms with Crippen LogP contribution in [0.4, 0.5) is 10.1 Å². The Morgan fingerprint density at radius 3 is 2.63 bits per heavy atom. The van der Waals surface area contributed by atoms with E-state index in [1.807, 2.05) is 47.0 Å². The number of carbonyl (C=O) groups is 1. The molecule has 0 radical (unpaired) electrons. The fourth-order valence-electron chi connectivity index (χ4n) is 2.98. The number of pyridine rings is 1. The first-order valence-corrected chi connectivity index (χ1v) is 8.47.